The van der Waals surface area contributed by atoms with Crippen LogP contribution in [0.15, 0.2) is 71.8 Å². The van der Waals surface area contributed by atoms with E-state index in [2.05, 4.69) is 55.5 Å². The zero-order valence-electron chi connectivity index (χ0n) is 33.8. The number of para-hydroxylation sites is 1. The van der Waals surface area contributed by atoms with Gasteiger partial charge in [0.15, 0.2) is 5.82 Å². The maximum Gasteiger partial charge on any atom is 0.263 e. The summed E-state index contributed by atoms with van der Waals surface area (Å²) in [6, 6.07) is 18.4. The summed E-state index contributed by atoms with van der Waals surface area (Å²) < 4.78 is 5.76. The summed E-state index contributed by atoms with van der Waals surface area (Å²) in [7, 11) is 1.29. The first-order valence-electron chi connectivity index (χ1n) is 20.0. The Bertz CT molecular complexity index is 2290. The van der Waals surface area contributed by atoms with Crippen molar-refractivity contribution >= 4 is 95.0 Å². The summed E-state index contributed by atoms with van der Waals surface area (Å²) in [6.07, 6.45) is 6.26. The first kappa shape index (κ1) is 42.9. The topological polar surface area (TPSA) is 175 Å². The molecule has 5 amide bonds. The maximum atomic E-state index is 13.4. The van der Waals surface area contributed by atoms with Crippen LogP contribution in [0.5, 0.6) is 5.75 Å². The lowest BCUT2D eigenvalue weighted by molar-refractivity contribution is -0.136. The lowest BCUT2D eigenvalue weighted by atomic mass is 10.0. The number of rotatable bonds is 16. The van der Waals surface area contributed by atoms with Gasteiger partial charge in [-0.15, -0.1) is 11.8 Å². The quantitative estimate of drug-likeness (QED) is 0.0401. The van der Waals surface area contributed by atoms with Gasteiger partial charge in [-0.25, -0.2) is 4.98 Å². The maximum absolute atomic E-state index is 13.4. The molecule has 0 saturated carbocycles. The van der Waals surface area contributed by atoms with Gasteiger partial charge in [0.05, 0.1) is 30.1 Å². The number of anilines is 5. The first-order valence-corrected chi connectivity index (χ1v) is 23.6. The van der Waals surface area contributed by atoms with Crippen molar-refractivity contribution in [2.45, 2.75) is 68.3 Å². The minimum Gasteiger partial charge on any atom is -0.494 e. The molecule has 2 saturated heterocycles. The molecular weight excluding hydrogens is 823 g/mol. The molecule has 3 aliphatic heterocycles. The van der Waals surface area contributed by atoms with E-state index in [-0.39, 0.29) is 38.3 Å². The van der Waals surface area contributed by atoms with Crippen molar-refractivity contribution in [3.05, 3.63) is 83.0 Å². The van der Waals surface area contributed by atoms with E-state index in [1.807, 2.05) is 42.5 Å². The van der Waals surface area contributed by atoms with Gasteiger partial charge in [0.1, 0.15) is 16.8 Å². The predicted molar refractivity (Wildman–Crippen MR) is 237 cm³/mol. The number of carbonyl (C=O) groups excluding carboxylic acids is 5. The van der Waals surface area contributed by atoms with E-state index in [1.165, 1.54) is 17.1 Å². The summed E-state index contributed by atoms with van der Waals surface area (Å²) >= 11 is 7.98. The Balaban J connectivity index is 0.835. The molecule has 0 bridgehead atoms. The molecule has 4 heterocycles. The Labute approximate surface area is 359 Å². The molecule has 3 aromatic carbocycles. The number of thioether (sulfide) groups is 1. The summed E-state index contributed by atoms with van der Waals surface area (Å²) in [5, 5.41) is 13.7. The summed E-state index contributed by atoms with van der Waals surface area (Å²) in [4.78, 5) is 76.4. The van der Waals surface area contributed by atoms with Gasteiger partial charge in [0.2, 0.25) is 23.7 Å². The standard InChI is InChI=1S/C43H48ClN8O6PS/c1-58-33-24-27(15-16-30(33)48-43-45-25-29(44)39(50-43)47-31-11-6-7-12-34(31)59(2)3)51-21-19-26(20-22-51)46-36(53)14-5-4-8-23-60-35-13-9-10-28-38(35)42(57)52(41(28)56)32-17-18-37(54)49-40(32)55/h6-7,9-13,15-16,24-26,32H,4-5,8,14,17-23H2,1-3H3,(H,46,53)(H,49,54,55)(H2,45,47,48,50). The molecule has 4 aromatic rings. The number of ether oxygens (including phenoxy) is 1. The average molecular weight is 871 g/mol. The number of nitrogens with one attached hydrogen (secondary N) is 4. The van der Waals surface area contributed by atoms with Crippen LogP contribution in [0.4, 0.5) is 28.8 Å². The number of carbonyl (C=O) groups is 5. The highest BCUT2D eigenvalue weighted by Crippen LogP contribution is 2.36. The molecule has 1 atom stereocenters. The van der Waals surface area contributed by atoms with Crippen molar-refractivity contribution < 1.29 is 28.7 Å². The number of piperidine rings is 2. The van der Waals surface area contributed by atoms with Gasteiger partial charge in [0.25, 0.3) is 11.8 Å². The van der Waals surface area contributed by atoms with Gasteiger partial charge in [-0.05, 0) is 86.8 Å². The van der Waals surface area contributed by atoms with E-state index in [4.69, 9.17) is 16.3 Å². The fourth-order valence-electron chi connectivity index (χ4n) is 7.64. The van der Waals surface area contributed by atoms with E-state index in [1.54, 1.807) is 25.4 Å². The van der Waals surface area contributed by atoms with Gasteiger partial charge in [-0.3, -0.25) is 34.2 Å². The lowest BCUT2D eigenvalue weighted by Gasteiger charge is -2.34. The number of halogens is 1. The van der Waals surface area contributed by atoms with Crippen LogP contribution in [0.2, 0.25) is 5.02 Å². The molecule has 60 heavy (non-hydrogen) atoms. The Hall–Kier alpha value is -5.24. The van der Waals surface area contributed by atoms with Gasteiger partial charge >= 0.3 is 0 Å². The van der Waals surface area contributed by atoms with E-state index < -0.39 is 29.7 Å². The van der Waals surface area contributed by atoms with Gasteiger partial charge in [0, 0.05) is 54.3 Å². The summed E-state index contributed by atoms with van der Waals surface area (Å²) in [5.41, 5.74) is 3.29. The number of aromatic nitrogens is 2. The van der Waals surface area contributed by atoms with Crippen molar-refractivity contribution in [3.63, 3.8) is 0 Å². The second-order valence-corrected chi connectivity index (χ2v) is 18.9. The zero-order chi connectivity index (χ0) is 42.3. The third kappa shape index (κ3) is 9.86. The molecule has 7 rings (SSSR count). The van der Waals surface area contributed by atoms with Crippen LogP contribution in [0.25, 0.3) is 0 Å². The van der Waals surface area contributed by atoms with E-state index >= 15 is 0 Å². The molecule has 0 spiro atoms. The predicted octanol–water partition coefficient (Wildman–Crippen LogP) is 6.83. The van der Waals surface area contributed by atoms with Crippen LogP contribution in [0.1, 0.15) is 72.1 Å². The number of fused-ring (bicyclic) bond motifs is 1. The molecule has 0 radical (unpaired) electrons. The minimum atomic E-state index is -0.994. The third-order valence-corrected chi connectivity index (χ3v) is 13.5. The summed E-state index contributed by atoms with van der Waals surface area (Å²) in [6.45, 7) is 5.98. The fraction of sp³-hybridized carbons (Fsp3) is 0.372. The molecule has 14 nitrogen and oxygen atoms in total. The van der Waals surface area contributed by atoms with Crippen LogP contribution in [0.3, 0.4) is 0 Å². The number of imide groups is 2. The van der Waals surface area contributed by atoms with Gasteiger partial charge < -0.3 is 25.6 Å². The van der Waals surface area contributed by atoms with E-state index in [0.29, 0.717) is 45.2 Å². The van der Waals surface area contributed by atoms with Crippen molar-refractivity contribution in [1.29, 1.82) is 0 Å². The number of methoxy groups -OCH3 is 1. The SMILES string of the molecule is COc1cc(N2CCC(NC(=O)CCCCCSc3cccc4c3C(=O)N(C3CCC(=O)NC3=O)C4=O)CC2)ccc1Nc1ncc(Cl)c(Nc2ccccc2P(C)C)n1. The number of hydrogen-bond acceptors (Lipinski definition) is 12. The monoisotopic (exact) mass is 870 g/mol. The third-order valence-electron chi connectivity index (χ3n) is 10.8. The molecule has 4 N–H and O–H groups in total. The Kier molecular flexibility index (Phi) is 13.9. The van der Waals surface area contributed by atoms with Gasteiger partial charge in [-0.1, -0.05) is 50.2 Å². The van der Waals surface area contributed by atoms with Crippen molar-refractivity contribution in [1.82, 2.24) is 25.5 Å². The number of hydrogen-bond donors (Lipinski definition) is 4. The molecular formula is C43H48ClN8O6PS. The highest BCUT2D eigenvalue weighted by atomic mass is 35.5. The summed E-state index contributed by atoms with van der Waals surface area (Å²) in [5.74, 6) is 0.247. The van der Waals surface area contributed by atoms with E-state index in [0.717, 1.165) is 67.2 Å². The lowest BCUT2D eigenvalue weighted by Crippen LogP contribution is -2.54. The molecule has 314 valence electrons. The van der Waals surface area contributed by atoms with Crippen LogP contribution in [0, 0.1) is 0 Å². The van der Waals surface area contributed by atoms with Crippen molar-refractivity contribution in [3.8, 4) is 5.75 Å². The van der Waals surface area contributed by atoms with Crippen LogP contribution >= 0.6 is 31.3 Å². The number of amides is 5. The smallest absolute Gasteiger partial charge is 0.263 e. The zero-order valence-corrected chi connectivity index (χ0v) is 36.2. The minimum absolute atomic E-state index is 0.0458. The number of benzene rings is 3. The Morgan fingerprint density at radius 2 is 1.75 bits per heavy atom. The van der Waals surface area contributed by atoms with Gasteiger partial charge in [-0.2, -0.15) is 4.98 Å². The number of unbranched alkanes of at least 4 members (excludes halogenated alkanes) is 2. The normalized spacial score (nSPS) is 16.9. The van der Waals surface area contributed by atoms with Crippen LogP contribution in [-0.2, 0) is 14.4 Å². The highest BCUT2D eigenvalue weighted by Gasteiger charge is 2.45. The molecule has 0 aliphatic carbocycles. The Morgan fingerprint density at radius 1 is 0.950 bits per heavy atom. The fourth-order valence-corrected chi connectivity index (χ4v) is 9.86. The molecule has 3 aliphatic rings. The van der Waals surface area contributed by atoms with E-state index in [9.17, 15) is 24.0 Å². The van der Waals surface area contributed by atoms with Crippen LogP contribution in [-0.4, -0.2) is 95.8 Å². The number of nitrogens with zero attached hydrogens (tertiary/aromatic N) is 4. The van der Waals surface area contributed by atoms with Crippen molar-refractivity contribution in [2.75, 3.05) is 54.8 Å². The average Bonchev–Trinajstić information content (AvgIpc) is 3.49. The second kappa shape index (κ2) is 19.4. The first-order chi connectivity index (χ1) is 29.0. The Morgan fingerprint density at radius 3 is 2.52 bits per heavy atom. The highest BCUT2D eigenvalue weighted by molar-refractivity contribution is 7.99. The molecule has 1 aromatic heterocycles. The second-order valence-electron chi connectivity index (χ2n) is 15.1. The molecule has 1 unspecified atom stereocenters. The molecule has 2 fully saturated rings. The van der Waals surface area contributed by atoms with Crippen molar-refractivity contribution in [2.24, 2.45) is 0 Å². The van der Waals surface area contributed by atoms with Crippen LogP contribution < -0.4 is 36.2 Å². The largest absolute Gasteiger partial charge is 0.494 e. The molecule has 17 heteroatoms.